The number of carbonyl (C=O) groups excluding carboxylic acids is 4. The molecule has 5 aliphatic rings. The van der Waals surface area contributed by atoms with Crippen LogP contribution in [-0.4, -0.2) is 45.0 Å². The van der Waals surface area contributed by atoms with E-state index in [0.717, 1.165) is 40.7 Å². The number of nitro groups is 1. The second-order valence-corrected chi connectivity index (χ2v) is 9.74. The maximum Gasteiger partial charge on any atom is 0.273 e. The highest BCUT2D eigenvalue weighted by molar-refractivity contribution is 6.10. The second kappa shape index (κ2) is 7.91. The zero-order chi connectivity index (χ0) is 25.3. The first-order valence-corrected chi connectivity index (χ1v) is 11.7. The molecule has 0 aromatic heterocycles. The topological polar surface area (TPSA) is 118 Å². The largest absolute Gasteiger partial charge is 0.292 e. The van der Waals surface area contributed by atoms with Gasteiger partial charge >= 0.3 is 0 Å². The maximum absolute atomic E-state index is 13.6. The van der Waals surface area contributed by atoms with Gasteiger partial charge < -0.3 is 0 Å². The molecule has 2 saturated carbocycles. The number of allylic oxidation sites excluding steroid dienone is 2. The summed E-state index contributed by atoms with van der Waals surface area (Å²) in [4.78, 5) is 64.3. The molecule has 10 heteroatoms. The number of non-ortho nitro benzene ring substituents is 1. The van der Waals surface area contributed by atoms with Crippen LogP contribution in [0.4, 0.5) is 10.1 Å². The standard InChI is InChI=1S/C26H20FN3O6/c27-15-5-1-13(2-6-15)21(31)12-28(24(32)14-3-7-16(8-4-14)30(35)36)29-25(33)22-17-9-10-18(20-11-19(17)20)23(22)26(29)34/h1-10,17-20,22-23H,11-12H2/t17-,18-,19-,20-,22+,23+/m0/s1. The third-order valence-corrected chi connectivity index (χ3v) is 7.90. The smallest absolute Gasteiger partial charge is 0.273 e. The average molecular weight is 489 g/mol. The highest BCUT2D eigenvalue weighted by Gasteiger charge is 2.68. The van der Waals surface area contributed by atoms with Crippen molar-refractivity contribution in [2.24, 2.45) is 35.5 Å². The zero-order valence-electron chi connectivity index (χ0n) is 18.8. The molecule has 2 aromatic rings. The Morgan fingerprint density at radius 1 is 0.917 bits per heavy atom. The van der Waals surface area contributed by atoms with Gasteiger partial charge in [-0.2, -0.15) is 5.01 Å². The molecule has 0 N–H and O–H groups in total. The number of ketones is 1. The lowest BCUT2D eigenvalue weighted by Gasteiger charge is -2.37. The summed E-state index contributed by atoms with van der Waals surface area (Å²) in [5.41, 5.74) is -0.147. The number of Topliss-reactive ketones (excluding diaryl/α,β-unsaturated/α-hetero) is 1. The number of imide groups is 1. The van der Waals surface area contributed by atoms with E-state index in [4.69, 9.17) is 0 Å². The monoisotopic (exact) mass is 489 g/mol. The van der Waals surface area contributed by atoms with Crippen LogP contribution in [0.5, 0.6) is 0 Å². The van der Waals surface area contributed by atoms with E-state index in [9.17, 15) is 33.7 Å². The van der Waals surface area contributed by atoms with Crippen LogP contribution in [0, 0.1) is 51.4 Å². The summed E-state index contributed by atoms with van der Waals surface area (Å²) in [6.45, 7) is -0.631. The van der Waals surface area contributed by atoms with Crippen molar-refractivity contribution in [3.63, 3.8) is 0 Å². The third kappa shape index (κ3) is 3.28. The van der Waals surface area contributed by atoms with Gasteiger partial charge in [-0.15, -0.1) is 0 Å². The van der Waals surface area contributed by atoms with Crippen molar-refractivity contribution in [3.8, 4) is 0 Å². The van der Waals surface area contributed by atoms with Crippen LogP contribution >= 0.6 is 0 Å². The molecule has 3 amide bonds. The Labute approximate surface area is 204 Å². The summed E-state index contributed by atoms with van der Waals surface area (Å²) in [5, 5.41) is 12.7. The van der Waals surface area contributed by atoms with Crippen LogP contribution in [0.2, 0.25) is 0 Å². The van der Waals surface area contributed by atoms with E-state index in [1.54, 1.807) is 0 Å². The van der Waals surface area contributed by atoms with Gasteiger partial charge in [-0.3, -0.25) is 29.3 Å². The minimum absolute atomic E-state index is 0.0214. The first-order valence-electron chi connectivity index (χ1n) is 11.7. The summed E-state index contributed by atoms with van der Waals surface area (Å²) in [5.74, 6) is -3.57. The van der Waals surface area contributed by atoms with E-state index < -0.39 is 52.6 Å². The number of nitrogens with zero attached hydrogens (tertiary/aromatic N) is 3. The quantitative estimate of drug-likeness (QED) is 0.202. The predicted molar refractivity (Wildman–Crippen MR) is 121 cm³/mol. The molecule has 7 rings (SSSR count). The van der Waals surface area contributed by atoms with Crippen molar-refractivity contribution in [2.45, 2.75) is 6.42 Å². The van der Waals surface area contributed by atoms with Crippen molar-refractivity contribution < 1.29 is 28.5 Å². The first kappa shape index (κ1) is 22.3. The van der Waals surface area contributed by atoms with Gasteiger partial charge in [-0.1, -0.05) is 12.2 Å². The third-order valence-electron chi connectivity index (χ3n) is 7.90. The Morgan fingerprint density at radius 3 is 1.97 bits per heavy atom. The highest BCUT2D eigenvalue weighted by atomic mass is 19.1. The average Bonchev–Trinajstić information content (AvgIpc) is 3.66. The molecule has 0 radical (unpaired) electrons. The molecular formula is C26H20FN3O6. The molecule has 2 aromatic carbocycles. The normalized spacial score (nSPS) is 29.1. The Hall–Kier alpha value is -4.21. The molecule has 0 unspecified atom stereocenters. The number of hydrogen-bond donors (Lipinski definition) is 0. The van der Waals surface area contributed by atoms with Gasteiger partial charge in [0.2, 0.25) is 0 Å². The summed E-state index contributed by atoms with van der Waals surface area (Å²) in [6, 6.07) is 9.44. The predicted octanol–water partition coefficient (Wildman–Crippen LogP) is 3.03. The number of hydrogen-bond acceptors (Lipinski definition) is 6. The summed E-state index contributed by atoms with van der Waals surface area (Å²) in [6.07, 6.45) is 4.98. The van der Waals surface area contributed by atoms with Crippen LogP contribution < -0.4 is 0 Å². The van der Waals surface area contributed by atoms with Crippen LogP contribution in [0.3, 0.4) is 0 Å². The zero-order valence-corrected chi connectivity index (χ0v) is 18.8. The molecule has 1 saturated heterocycles. The lowest BCUT2D eigenvalue weighted by Crippen LogP contribution is -2.52. The molecule has 1 aliphatic heterocycles. The molecule has 0 spiro atoms. The molecule has 9 nitrogen and oxygen atoms in total. The fraction of sp³-hybridized carbons (Fsp3) is 0.308. The van der Waals surface area contributed by atoms with Gasteiger partial charge in [0.25, 0.3) is 23.4 Å². The van der Waals surface area contributed by atoms with E-state index in [2.05, 4.69) is 0 Å². The van der Waals surface area contributed by atoms with Crippen molar-refractivity contribution in [1.29, 1.82) is 0 Å². The number of rotatable bonds is 6. The molecule has 182 valence electrons. The summed E-state index contributed by atoms with van der Waals surface area (Å²) < 4.78 is 13.4. The van der Waals surface area contributed by atoms with E-state index in [0.29, 0.717) is 11.8 Å². The van der Waals surface area contributed by atoms with Crippen LogP contribution in [0.15, 0.2) is 60.7 Å². The van der Waals surface area contributed by atoms with E-state index in [1.807, 2.05) is 12.2 Å². The minimum atomic E-state index is -0.814. The van der Waals surface area contributed by atoms with Gasteiger partial charge in [0.15, 0.2) is 5.78 Å². The number of benzene rings is 2. The number of hydrazine groups is 1. The van der Waals surface area contributed by atoms with Crippen molar-refractivity contribution >= 4 is 29.2 Å². The maximum atomic E-state index is 13.6. The van der Waals surface area contributed by atoms with Gasteiger partial charge in [-0.25, -0.2) is 9.40 Å². The number of carbonyl (C=O) groups is 4. The first-order chi connectivity index (χ1) is 17.3. The Bertz CT molecular complexity index is 1320. The molecule has 6 atom stereocenters. The highest BCUT2D eigenvalue weighted by Crippen LogP contribution is 2.65. The molecule has 4 aliphatic carbocycles. The van der Waals surface area contributed by atoms with E-state index >= 15 is 0 Å². The fourth-order valence-corrected chi connectivity index (χ4v) is 6.15. The Kier molecular flexibility index (Phi) is 4.89. The fourth-order valence-electron chi connectivity index (χ4n) is 6.15. The van der Waals surface area contributed by atoms with Crippen molar-refractivity contribution in [3.05, 3.63) is 87.7 Å². The Morgan fingerprint density at radius 2 is 1.44 bits per heavy atom. The Balaban J connectivity index is 1.35. The van der Waals surface area contributed by atoms with Gasteiger partial charge in [0, 0.05) is 23.3 Å². The second-order valence-electron chi connectivity index (χ2n) is 9.74. The molecule has 1 heterocycles. The number of halogens is 1. The van der Waals surface area contributed by atoms with E-state index in [-0.39, 0.29) is 28.7 Å². The number of nitro benzene ring substituents is 1. The molecule has 2 bridgehead atoms. The van der Waals surface area contributed by atoms with Crippen molar-refractivity contribution in [2.75, 3.05) is 6.54 Å². The lowest BCUT2D eigenvalue weighted by atomic mass is 9.63. The summed E-state index contributed by atoms with van der Waals surface area (Å²) in [7, 11) is 0. The van der Waals surface area contributed by atoms with Gasteiger partial charge in [0.05, 0.1) is 16.8 Å². The van der Waals surface area contributed by atoms with Crippen molar-refractivity contribution in [1.82, 2.24) is 10.0 Å². The van der Waals surface area contributed by atoms with Crippen LogP contribution in [-0.2, 0) is 9.59 Å². The molecule has 36 heavy (non-hydrogen) atoms. The minimum Gasteiger partial charge on any atom is -0.292 e. The molecular weight excluding hydrogens is 469 g/mol. The SMILES string of the molecule is O=C(CN(C(=O)c1ccc([N+](=O)[O-])cc1)N1C(=O)[C@@H]2[C@H]3C=C[C@@H]([C@@H]4C[C@@H]34)[C@H]2C1=O)c1ccc(F)cc1. The van der Waals surface area contributed by atoms with Gasteiger partial charge in [0.1, 0.15) is 12.4 Å². The van der Waals surface area contributed by atoms with Gasteiger partial charge in [-0.05, 0) is 66.5 Å². The lowest BCUT2D eigenvalue weighted by molar-refractivity contribution is -0.384. The summed E-state index contributed by atoms with van der Waals surface area (Å²) >= 11 is 0. The van der Waals surface area contributed by atoms with Crippen LogP contribution in [0.25, 0.3) is 0 Å². The van der Waals surface area contributed by atoms with E-state index in [1.165, 1.54) is 24.3 Å². The van der Waals surface area contributed by atoms with Crippen LogP contribution in [0.1, 0.15) is 27.1 Å². The number of amides is 3. The molecule has 3 fully saturated rings.